The average Bonchev–Trinajstić information content (AvgIpc) is 2.38. The highest BCUT2D eigenvalue weighted by molar-refractivity contribution is 9.10. The Labute approximate surface area is 116 Å². The molecule has 0 aliphatic heterocycles. The van der Waals surface area contributed by atoms with Crippen molar-refractivity contribution >= 4 is 21.6 Å². The Bertz CT molecular complexity index is 511. The van der Waals surface area contributed by atoms with E-state index in [4.69, 9.17) is 4.74 Å². The van der Waals surface area contributed by atoms with Crippen molar-refractivity contribution in [2.45, 2.75) is 6.61 Å². The van der Waals surface area contributed by atoms with Crippen molar-refractivity contribution in [3.8, 4) is 5.75 Å². The van der Waals surface area contributed by atoms with Gasteiger partial charge in [-0.3, -0.25) is 4.98 Å². The molecule has 94 valence electrons. The number of nitrogens with zero attached hydrogens (tertiary/aromatic N) is 2. The highest BCUT2D eigenvalue weighted by Crippen LogP contribution is 2.20. The van der Waals surface area contributed by atoms with Crippen molar-refractivity contribution in [2.24, 2.45) is 0 Å². The summed E-state index contributed by atoms with van der Waals surface area (Å²) in [7, 11) is 4.02. The minimum atomic E-state index is 0.476. The van der Waals surface area contributed by atoms with E-state index in [1.54, 1.807) is 6.20 Å². The smallest absolute Gasteiger partial charge is 0.130 e. The van der Waals surface area contributed by atoms with Crippen LogP contribution in [0.5, 0.6) is 5.75 Å². The molecule has 2 rings (SSSR count). The summed E-state index contributed by atoms with van der Waals surface area (Å²) in [5.74, 6) is 0.853. The monoisotopic (exact) mass is 306 g/mol. The van der Waals surface area contributed by atoms with Crippen LogP contribution in [0.2, 0.25) is 0 Å². The van der Waals surface area contributed by atoms with E-state index in [1.165, 1.54) is 0 Å². The molecule has 0 fully saturated rings. The van der Waals surface area contributed by atoms with Gasteiger partial charge in [-0.2, -0.15) is 0 Å². The number of hydrogen-bond donors (Lipinski definition) is 0. The van der Waals surface area contributed by atoms with Crippen molar-refractivity contribution in [3.63, 3.8) is 0 Å². The van der Waals surface area contributed by atoms with E-state index in [0.717, 1.165) is 21.6 Å². The Hall–Kier alpha value is -1.55. The number of hydrogen-bond acceptors (Lipinski definition) is 3. The lowest BCUT2D eigenvalue weighted by atomic mass is 10.3. The molecule has 0 saturated heterocycles. The van der Waals surface area contributed by atoms with E-state index in [2.05, 4.69) is 20.9 Å². The van der Waals surface area contributed by atoms with Gasteiger partial charge in [-0.25, -0.2) is 0 Å². The molecule has 0 unspecified atom stereocenters. The molecule has 2 aromatic rings. The van der Waals surface area contributed by atoms with Gasteiger partial charge in [-0.1, -0.05) is 6.07 Å². The van der Waals surface area contributed by atoms with Crippen molar-refractivity contribution in [2.75, 3.05) is 19.0 Å². The van der Waals surface area contributed by atoms with E-state index in [9.17, 15) is 0 Å². The first-order chi connectivity index (χ1) is 8.65. The SMILES string of the molecule is CN(C)c1cccc(OCc2ccc(Br)cn2)c1. The van der Waals surface area contributed by atoms with Gasteiger partial charge in [0.25, 0.3) is 0 Å². The first kappa shape index (κ1) is 12.9. The Balaban J connectivity index is 2.01. The number of benzene rings is 1. The van der Waals surface area contributed by atoms with Gasteiger partial charge in [-0.05, 0) is 40.2 Å². The summed E-state index contributed by atoms with van der Waals surface area (Å²) in [6.07, 6.45) is 1.77. The molecule has 3 nitrogen and oxygen atoms in total. The Kier molecular flexibility index (Phi) is 4.20. The van der Waals surface area contributed by atoms with Gasteiger partial charge in [0.15, 0.2) is 0 Å². The molecular formula is C14H15BrN2O. The van der Waals surface area contributed by atoms with Gasteiger partial charge in [0.05, 0.1) is 5.69 Å². The minimum Gasteiger partial charge on any atom is -0.487 e. The van der Waals surface area contributed by atoms with E-state index in [-0.39, 0.29) is 0 Å². The molecule has 0 spiro atoms. The summed E-state index contributed by atoms with van der Waals surface area (Å²) >= 11 is 3.36. The highest BCUT2D eigenvalue weighted by atomic mass is 79.9. The van der Waals surface area contributed by atoms with Crippen LogP contribution in [-0.4, -0.2) is 19.1 Å². The molecule has 0 N–H and O–H groups in total. The van der Waals surface area contributed by atoms with Crippen LogP contribution in [0, 0.1) is 0 Å². The fourth-order valence-corrected chi connectivity index (χ4v) is 1.74. The quantitative estimate of drug-likeness (QED) is 0.864. The average molecular weight is 307 g/mol. The van der Waals surface area contributed by atoms with E-state index in [0.29, 0.717) is 6.61 Å². The zero-order chi connectivity index (χ0) is 13.0. The van der Waals surface area contributed by atoms with Crippen LogP contribution < -0.4 is 9.64 Å². The standard InChI is InChI=1S/C14H15BrN2O/c1-17(2)13-4-3-5-14(8-13)18-10-12-7-6-11(15)9-16-12/h3-9H,10H2,1-2H3. The first-order valence-corrected chi connectivity index (χ1v) is 6.45. The molecule has 1 aromatic carbocycles. The van der Waals surface area contributed by atoms with Crippen molar-refractivity contribution in [1.29, 1.82) is 0 Å². The summed E-state index contributed by atoms with van der Waals surface area (Å²) in [5, 5.41) is 0. The van der Waals surface area contributed by atoms with Gasteiger partial charge in [-0.15, -0.1) is 0 Å². The maximum atomic E-state index is 5.72. The third-order valence-corrected chi connectivity index (χ3v) is 2.98. The molecule has 0 bridgehead atoms. The molecule has 0 aliphatic carbocycles. The molecule has 4 heteroatoms. The van der Waals surface area contributed by atoms with Crippen LogP contribution in [-0.2, 0) is 6.61 Å². The molecule has 1 aromatic heterocycles. The summed E-state index contributed by atoms with van der Waals surface area (Å²) in [5.41, 5.74) is 2.03. The van der Waals surface area contributed by atoms with Gasteiger partial charge in [0.2, 0.25) is 0 Å². The lowest BCUT2D eigenvalue weighted by molar-refractivity contribution is 0.301. The topological polar surface area (TPSA) is 25.4 Å². The summed E-state index contributed by atoms with van der Waals surface area (Å²) in [4.78, 5) is 6.31. The number of aromatic nitrogens is 1. The van der Waals surface area contributed by atoms with Gasteiger partial charge < -0.3 is 9.64 Å². The lowest BCUT2D eigenvalue weighted by Crippen LogP contribution is -2.08. The summed E-state index contributed by atoms with van der Waals surface area (Å²) in [6.45, 7) is 0.476. The molecule has 0 saturated carbocycles. The van der Waals surface area contributed by atoms with Crippen LogP contribution >= 0.6 is 15.9 Å². The number of anilines is 1. The maximum absolute atomic E-state index is 5.72. The van der Waals surface area contributed by atoms with E-state index in [1.807, 2.05) is 55.4 Å². The van der Waals surface area contributed by atoms with Gasteiger partial charge in [0, 0.05) is 36.5 Å². The van der Waals surface area contributed by atoms with Crippen molar-refractivity contribution < 1.29 is 4.74 Å². The molecule has 18 heavy (non-hydrogen) atoms. The maximum Gasteiger partial charge on any atom is 0.130 e. The second-order valence-corrected chi connectivity index (χ2v) is 5.06. The van der Waals surface area contributed by atoms with Crippen LogP contribution in [0.3, 0.4) is 0 Å². The molecule has 0 radical (unpaired) electrons. The third kappa shape index (κ3) is 3.47. The summed E-state index contributed by atoms with van der Waals surface area (Å²) in [6, 6.07) is 11.9. The highest BCUT2D eigenvalue weighted by Gasteiger charge is 2.00. The number of ether oxygens (including phenoxy) is 1. The van der Waals surface area contributed by atoms with Gasteiger partial charge >= 0.3 is 0 Å². The Morgan fingerprint density at radius 1 is 1.22 bits per heavy atom. The van der Waals surface area contributed by atoms with Crippen LogP contribution in [0.1, 0.15) is 5.69 Å². The molecule has 0 atom stereocenters. The van der Waals surface area contributed by atoms with Gasteiger partial charge in [0.1, 0.15) is 12.4 Å². The zero-order valence-electron chi connectivity index (χ0n) is 10.4. The van der Waals surface area contributed by atoms with Crippen molar-refractivity contribution in [1.82, 2.24) is 4.98 Å². The van der Waals surface area contributed by atoms with E-state index >= 15 is 0 Å². The fourth-order valence-electron chi connectivity index (χ4n) is 1.50. The predicted octanol–water partition coefficient (Wildman–Crippen LogP) is 3.49. The number of rotatable bonds is 4. The molecular weight excluding hydrogens is 292 g/mol. The molecule has 0 aliphatic rings. The second-order valence-electron chi connectivity index (χ2n) is 4.15. The van der Waals surface area contributed by atoms with E-state index < -0.39 is 0 Å². The predicted molar refractivity (Wildman–Crippen MR) is 77.0 cm³/mol. The Morgan fingerprint density at radius 3 is 2.72 bits per heavy atom. The minimum absolute atomic E-state index is 0.476. The third-order valence-electron chi connectivity index (χ3n) is 2.51. The molecule has 0 amide bonds. The normalized spacial score (nSPS) is 10.2. The van der Waals surface area contributed by atoms with Crippen molar-refractivity contribution in [3.05, 3.63) is 52.8 Å². The van der Waals surface area contributed by atoms with Crippen LogP contribution in [0.25, 0.3) is 0 Å². The number of pyridine rings is 1. The van der Waals surface area contributed by atoms with Crippen LogP contribution in [0.4, 0.5) is 5.69 Å². The fraction of sp³-hybridized carbons (Fsp3) is 0.214. The first-order valence-electron chi connectivity index (χ1n) is 5.66. The largest absolute Gasteiger partial charge is 0.487 e. The Morgan fingerprint density at radius 2 is 2.06 bits per heavy atom. The molecule has 1 heterocycles. The summed E-state index contributed by atoms with van der Waals surface area (Å²) < 4.78 is 6.69. The zero-order valence-corrected chi connectivity index (χ0v) is 12.0. The van der Waals surface area contributed by atoms with Crippen LogP contribution in [0.15, 0.2) is 47.1 Å². The second kappa shape index (κ2) is 5.87. The lowest BCUT2D eigenvalue weighted by Gasteiger charge is -2.13. The number of halogens is 1.